The highest BCUT2D eigenvalue weighted by Crippen LogP contribution is 2.16. The van der Waals surface area contributed by atoms with Gasteiger partial charge in [0.05, 0.1) is 6.61 Å². The van der Waals surface area contributed by atoms with Crippen LogP contribution in [0.1, 0.15) is 18.4 Å². The number of rotatable bonds is 6. The predicted molar refractivity (Wildman–Crippen MR) is 69.7 cm³/mol. The number of benzene rings is 1. The third-order valence-corrected chi connectivity index (χ3v) is 3.30. The van der Waals surface area contributed by atoms with Gasteiger partial charge in [0.2, 0.25) is 0 Å². The molecule has 1 saturated heterocycles. The normalized spacial score (nSPS) is 20.0. The predicted octanol–water partition coefficient (Wildman–Crippen LogP) is 1.63. The Bertz CT molecular complexity index is 309. The van der Waals surface area contributed by atoms with E-state index in [0.717, 1.165) is 45.7 Å². The van der Waals surface area contributed by atoms with Crippen LogP contribution in [0.4, 0.5) is 0 Å². The molecule has 0 aromatic heterocycles. The van der Waals surface area contributed by atoms with Crippen LogP contribution in [0, 0.1) is 0 Å². The van der Waals surface area contributed by atoms with Crippen LogP contribution in [0.3, 0.4) is 0 Å². The summed E-state index contributed by atoms with van der Waals surface area (Å²) in [5.74, 6) is 0. The van der Waals surface area contributed by atoms with Crippen molar-refractivity contribution >= 4 is 0 Å². The van der Waals surface area contributed by atoms with Crippen molar-refractivity contribution in [3.8, 4) is 0 Å². The third kappa shape index (κ3) is 3.80. The summed E-state index contributed by atoms with van der Waals surface area (Å²) in [6.07, 6.45) is 2.21. The van der Waals surface area contributed by atoms with Crippen molar-refractivity contribution in [3.05, 3.63) is 35.9 Å². The maximum Gasteiger partial charge on any atom is 0.0622 e. The molecule has 0 amide bonds. The zero-order chi connectivity index (χ0) is 11.9. The Morgan fingerprint density at radius 2 is 2.12 bits per heavy atom. The zero-order valence-corrected chi connectivity index (χ0v) is 10.3. The molecule has 17 heavy (non-hydrogen) atoms. The molecule has 1 aromatic rings. The number of hydrogen-bond donors (Lipinski definition) is 1. The van der Waals surface area contributed by atoms with Crippen molar-refractivity contribution in [1.82, 2.24) is 4.90 Å². The second-order valence-corrected chi connectivity index (χ2v) is 4.62. The van der Waals surface area contributed by atoms with Crippen molar-refractivity contribution in [2.75, 3.05) is 26.3 Å². The number of hydrogen-bond acceptors (Lipinski definition) is 3. The summed E-state index contributed by atoms with van der Waals surface area (Å²) < 4.78 is 5.48. The first-order valence-electron chi connectivity index (χ1n) is 6.46. The summed E-state index contributed by atoms with van der Waals surface area (Å²) in [7, 11) is 0. The van der Waals surface area contributed by atoms with E-state index in [9.17, 15) is 0 Å². The molecule has 1 aliphatic rings. The van der Waals surface area contributed by atoms with Gasteiger partial charge in [-0.15, -0.1) is 0 Å². The molecule has 1 atom stereocenters. The van der Waals surface area contributed by atoms with Crippen LogP contribution in [-0.2, 0) is 11.3 Å². The molecule has 1 aromatic carbocycles. The summed E-state index contributed by atoms with van der Waals surface area (Å²) in [5.41, 5.74) is 6.98. The maximum absolute atomic E-state index is 5.61. The lowest BCUT2D eigenvalue weighted by Gasteiger charge is -2.27. The number of nitrogens with zero attached hydrogens (tertiary/aromatic N) is 1. The van der Waals surface area contributed by atoms with Crippen molar-refractivity contribution < 1.29 is 4.74 Å². The van der Waals surface area contributed by atoms with E-state index in [2.05, 4.69) is 35.2 Å². The van der Waals surface area contributed by atoms with Crippen LogP contribution < -0.4 is 5.73 Å². The zero-order valence-electron chi connectivity index (χ0n) is 10.3. The van der Waals surface area contributed by atoms with Gasteiger partial charge in [0.1, 0.15) is 0 Å². The summed E-state index contributed by atoms with van der Waals surface area (Å²) >= 11 is 0. The van der Waals surface area contributed by atoms with Gasteiger partial charge in [0.15, 0.2) is 0 Å². The third-order valence-electron chi connectivity index (χ3n) is 3.30. The monoisotopic (exact) mass is 234 g/mol. The molecule has 1 aliphatic heterocycles. The summed E-state index contributed by atoms with van der Waals surface area (Å²) in [6.45, 7) is 4.61. The first-order valence-corrected chi connectivity index (χ1v) is 6.46. The van der Waals surface area contributed by atoms with E-state index < -0.39 is 0 Å². The fourth-order valence-electron chi connectivity index (χ4n) is 2.31. The molecule has 0 radical (unpaired) electrons. The van der Waals surface area contributed by atoms with Gasteiger partial charge in [-0.05, 0) is 24.9 Å². The van der Waals surface area contributed by atoms with Gasteiger partial charge in [-0.25, -0.2) is 0 Å². The fraction of sp³-hybridized carbons (Fsp3) is 0.571. The van der Waals surface area contributed by atoms with Crippen LogP contribution in [0.15, 0.2) is 30.3 Å². The van der Waals surface area contributed by atoms with E-state index in [4.69, 9.17) is 10.5 Å². The molecule has 1 unspecified atom stereocenters. The Balaban J connectivity index is 1.94. The molecule has 0 saturated carbocycles. The molecule has 94 valence electrons. The van der Waals surface area contributed by atoms with E-state index in [1.165, 1.54) is 5.56 Å². The first kappa shape index (κ1) is 12.6. The van der Waals surface area contributed by atoms with Gasteiger partial charge in [0, 0.05) is 25.7 Å². The van der Waals surface area contributed by atoms with Gasteiger partial charge in [-0.2, -0.15) is 0 Å². The van der Waals surface area contributed by atoms with E-state index in [-0.39, 0.29) is 0 Å². The summed E-state index contributed by atoms with van der Waals surface area (Å²) in [6, 6.07) is 11.2. The molecule has 3 nitrogen and oxygen atoms in total. The Morgan fingerprint density at radius 1 is 1.29 bits per heavy atom. The van der Waals surface area contributed by atoms with Crippen molar-refractivity contribution in [2.24, 2.45) is 5.73 Å². The van der Waals surface area contributed by atoms with E-state index in [0.29, 0.717) is 6.04 Å². The van der Waals surface area contributed by atoms with Crippen LogP contribution in [0.2, 0.25) is 0 Å². The topological polar surface area (TPSA) is 38.5 Å². The molecule has 3 heteroatoms. The Kier molecular flexibility index (Phi) is 4.98. The average Bonchev–Trinajstić information content (AvgIpc) is 2.89. The van der Waals surface area contributed by atoms with Gasteiger partial charge < -0.3 is 10.5 Å². The standard InChI is InChI=1S/C14H22N2O/c15-8-4-9-16(14-7-10-17-12-14)11-13-5-2-1-3-6-13/h1-3,5-6,14H,4,7-12,15H2. The van der Waals surface area contributed by atoms with E-state index >= 15 is 0 Å². The van der Waals surface area contributed by atoms with Crippen LogP contribution in [-0.4, -0.2) is 37.2 Å². The van der Waals surface area contributed by atoms with Gasteiger partial charge in [-0.3, -0.25) is 4.90 Å². The molecule has 2 N–H and O–H groups in total. The lowest BCUT2D eigenvalue weighted by atomic mass is 10.1. The lowest BCUT2D eigenvalue weighted by molar-refractivity contribution is 0.138. The fourth-order valence-corrected chi connectivity index (χ4v) is 2.31. The minimum Gasteiger partial charge on any atom is -0.380 e. The van der Waals surface area contributed by atoms with Gasteiger partial charge in [-0.1, -0.05) is 30.3 Å². The highest BCUT2D eigenvalue weighted by atomic mass is 16.5. The molecule has 2 rings (SSSR count). The van der Waals surface area contributed by atoms with Crippen LogP contribution >= 0.6 is 0 Å². The molecule has 0 spiro atoms. The van der Waals surface area contributed by atoms with Crippen molar-refractivity contribution in [2.45, 2.75) is 25.4 Å². The van der Waals surface area contributed by atoms with E-state index in [1.807, 2.05) is 0 Å². The van der Waals surface area contributed by atoms with Crippen LogP contribution in [0.25, 0.3) is 0 Å². The molecule has 1 heterocycles. The Labute approximate surface area is 104 Å². The molecular weight excluding hydrogens is 212 g/mol. The lowest BCUT2D eigenvalue weighted by Crippen LogP contribution is -2.36. The van der Waals surface area contributed by atoms with Gasteiger partial charge in [0.25, 0.3) is 0 Å². The van der Waals surface area contributed by atoms with Crippen molar-refractivity contribution in [1.29, 1.82) is 0 Å². The second-order valence-electron chi connectivity index (χ2n) is 4.62. The maximum atomic E-state index is 5.61. The summed E-state index contributed by atoms with van der Waals surface area (Å²) in [4.78, 5) is 2.51. The molecule has 1 fully saturated rings. The highest BCUT2D eigenvalue weighted by Gasteiger charge is 2.22. The average molecular weight is 234 g/mol. The quantitative estimate of drug-likeness (QED) is 0.813. The Morgan fingerprint density at radius 3 is 2.76 bits per heavy atom. The smallest absolute Gasteiger partial charge is 0.0622 e. The second kappa shape index (κ2) is 6.74. The molecule has 0 aliphatic carbocycles. The Hall–Kier alpha value is -0.900. The van der Waals surface area contributed by atoms with E-state index in [1.54, 1.807) is 0 Å². The minimum absolute atomic E-state index is 0.571. The number of nitrogens with two attached hydrogens (primary N) is 1. The number of ether oxygens (including phenoxy) is 1. The highest BCUT2D eigenvalue weighted by molar-refractivity contribution is 5.14. The SMILES string of the molecule is NCCCN(Cc1ccccc1)C1CCOC1. The van der Waals surface area contributed by atoms with Crippen molar-refractivity contribution in [3.63, 3.8) is 0 Å². The molecular formula is C14H22N2O. The summed E-state index contributed by atoms with van der Waals surface area (Å²) in [5, 5.41) is 0. The van der Waals surface area contributed by atoms with Crippen LogP contribution in [0.5, 0.6) is 0 Å². The van der Waals surface area contributed by atoms with Gasteiger partial charge >= 0.3 is 0 Å². The molecule has 0 bridgehead atoms. The first-order chi connectivity index (χ1) is 8.40. The minimum atomic E-state index is 0.571. The largest absolute Gasteiger partial charge is 0.380 e.